The highest BCUT2D eigenvalue weighted by Gasteiger charge is 2.18. The Balaban J connectivity index is 1.58. The fourth-order valence-corrected chi connectivity index (χ4v) is 2.47. The van der Waals surface area contributed by atoms with Crippen molar-refractivity contribution in [3.8, 4) is 23.0 Å². The van der Waals surface area contributed by atoms with E-state index in [1.165, 1.54) is 4.68 Å². The molecule has 8 nitrogen and oxygen atoms in total. The zero-order valence-electron chi connectivity index (χ0n) is 11.9. The average molecular weight is 305 g/mol. The molecule has 1 fully saturated rings. The number of hydrogen-bond donors (Lipinski definition) is 0. The first-order chi connectivity index (χ1) is 10.8. The average Bonchev–Trinajstić information content (AvgIpc) is 3.15. The third-order valence-electron chi connectivity index (χ3n) is 3.66. The molecule has 1 aromatic heterocycles. The second-order valence-electron chi connectivity index (χ2n) is 5.11. The zero-order chi connectivity index (χ0) is 14.9. The Kier molecular flexibility index (Phi) is 3.32. The lowest BCUT2D eigenvalue weighted by molar-refractivity contribution is 0.0202. The van der Waals surface area contributed by atoms with E-state index in [-0.39, 0.29) is 12.7 Å². The maximum Gasteiger partial charge on any atom is 0.438 e. The second kappa shape index (κ2) is 5.47. The van der Waals surface area contributed by atoms with Gasteiger partial charge in [-0.15, -0.1) is 5.10 Å². The van der Waals surface area contributed by atoms with Gasteiger partial charge in [0, 0.05) is 18.7 Å². The first-order valence-electron chi connectivity index (χ1n) is 7.08. The van der Waals surface area contributed by atoms with Crippen LogP contribution >= 0.6 is 0 Å². The standard InChI is InChI=1S/C14H15N3O5/c18-14-17(8-16-3-5-19-6-4-16)15-13(22-14)10-1-2-11-12(7-10)21-9-20-11/h1-2,7H,3-6,8-9H2. The van der Waals surface area contributed by atoms with E-state index in [4.69, 9.17) is 18.6 Å². The summed E-state index contributed by atoms with van der Waals surface area (Å²) in [6.45, 7) is 3.49. The van der Waals surface area contributed by atoms with Crippen LogP contribution < -0.4 is 15.2 Å². The van der Waals surface area contributed by atoms with Crippen LogP contribution in [0.1, 0.15) is 0 Å². The number of rotatable bonds is 3. The van der Waals surface area contributed by atoms with E-state index in [0.717, 1.165) is 13.1 Å². The van der Waals surface area contributed by atoms with Crippen molar-refractivity contribution in [1.29, 1.82) is 0 Å². The zero-order valence-corrected chi connectivity index (χ0v) is 11.9. The van der Waals surface area contributed by atoms with Crippen LogP contribution in [-0.2, 0) is 11.4 Å². The lowest BCUT2D eigenvalue weighted by Crippen LogP contribution is -2.39. The van der Waals surface area contributed by atoms with Crippen LogP contribution in [0, 0.1) is 0 Å². The molecule has 2 aliphatic heterocycles. The summed E-state index contributed by atoms with van der Waals surface area (Å²) in [5.41, 5.74) is 0.682. The largest absolute Gasteiger partial charge is 0.454 e. The summed E-state index contributed by atoms with van der Waals surface area (Å²) in [4.78, 5) is 14.0. The van der Waals surface area contributed by atoms with E-state index in [1.54, 1.807) is 18.2 Å². The molecule has 0 N–H and O–H groups in total. The highest BCUT2D eigenvalue weighted by Crippen LogP contribution is 2.35. The summed E-state index contributed by atoms with van der Waals surface area (Å²) < 4.78 is 22.4. The Hall–Kier alpha value is -2.32. The number of morpholine rings is 1. The molecule has 2 aliphatic rings. The van der Waals surface area contributed by atoms with Crippen LogP contribution in [0.15, 0.2) is 27.4 Å². The highest BCUT2D eigenvalue weighted by atomic mass is 16.7. The van der Waals surface area contributed by atoms with Crippen molar-refractivity contribution in [2.45, 2.75) is 6.67 Å². The molecule has 0 atom stereocenters. The minimum atomic E-state index is -0.473. The van der Waals surface area contributed by atoms with Crippen molar-refractivity contribution in [3.63, 3.8) is 0 Å². The summed E-state index contributed by atoms with van der Waals surface area (Å²) in [5, 5.41) is 4.26. The first-order valence-corrected chi connectivity index (χ1v) is 7.08. The molecular formula is C14H15N3O5. The van der Waals surface area contributed by atoms with Crippen LogP contribution in [0.4, 0.5) is 0 Å². The summed E-state index contributed by atoms with van der Waals surface area (Å²) in [7, 11) is 0. The summed E-state index contributed by atoms with van der Waals surface area (Å²) in [6, 6.07) is 5.32. The van der Waals surface area contributed by atoms with Gasteiger partial charge in [-0.1, -0.05) is 0 Å². The van der Waals surface area contributed by atoms with Gasteiger partial charge in [0.05, 0.1) is 13.2 Å². The third kappa shape index (κ3) is 2.46. The minimum absolute atomic E-state index is 0.203. The fraction of sp³-hybridized carbons (Fsp3) is 0.429. The number of benzene rings is 1. The van der Waals surface area contributed by atoms with Crippen molar-refractivity contribution >= 4 is 0 Å². The first kappa shape index (κ1) is 13.4. The molecule has 0 bridgehead atoms. The lowest BCUT2D eigenvalue weighted by atomic mass is 10.2. The van der Waals surface area contributed by atoms with E-state index in [0.29, 0.717) is 36.9 Å². The number of ether oxygens (including phenoxy) is 3. The van der Waals surface area contributed by atoms with Gasteiger partial charge < -0.3 is 18.6 Å². The topological polar surface area (TPSA) is 79.0 Å². The number of nitrogens with zero attached hydrogens (tertiary/aromatic N) is 3. The Morgan fingerprint density at radius 1 is 1.14 bits per heavy atom. The molecule has 1 aromatic carbocycles. The van der Waals surface area contributed by atoms with E-state index in [2.05, 4.69) is 10.00 Å². The molecule has 0 unspecified atom stereocenters. The van der Waals surface area contributed by atoms with Crippen LogP contribution in [0.2, 0.25) is 0 Å². The predicted molar refractivity (Wildman–Crippen MR) is 74.7 cm³/mol. The SMILES string of the molecule is O=c1oc(-c2ccc3c(c2)OCO3)nn1CN1CCOCC1. The van der Waals surface area contributed by atoms with Gasteiger partial charge in [0.1, 0.15) is 6.67 Å². The molecule has 22 heavy (non-hydrogen) atoms. The van der Waals surface area contributed by atoms with Gasteiger partial charge in [0.2, 0.25) is 12.7 Å². The molecule has 8 heteroatoms. The molecule has 0 spiro atoms. The van der Waals surface area contributed by atoms with E-state index in [9.17, 15) is 4.79 Å². The molecule has 0 aliphatic carbocycles. The molecular weight excluding hydrogens is 290 g/mol. The van der Waals surface area contributed by atoms with Crippen molar-refractivity contribution < 1.29 is 18.6 Å². The van der Waals surface area contributed by atoms with Gasteiger partial charge in [0.25, 0.3) is 0 Å². The Morgan fingerprint density at radius 3 is 2.82 bits per heavy atom. The Labute approximate surface area is 125 Å². The maximum absolute atomic E-state index is 11.9. The molecule has 116 valence electrons. The van der Waals surface area contributed by atoms with Crippen LogP contribution in [0.5, 0.6) is 11.5 Å². The van der Waals surface area contributed by atoms with Crippen LogP contribution in [0.3, 0.4) is 0 Å². The lowest BCUT2D eigenvalue weighted by Gasteiger charge is -2.25. The van der Waals surface area contributed by atoms with Crippen molar-refractivity contribution in [1.82, 2.24) is 14.7 Å². The number of hydrogen-bond acceptors (Lipinski definition) is 7. The summed E-state index contributed by atoms with van der Waals surface area (Å²) in [6.07, 6.45) is 0. The third-order valence-corrected chi connectivity index (χ3v) is 3.66. The molecule has 0 radical (unpaired) electrons. The molecule has 2 aromatic rings. The van der Waals surface area contributed by atoms with Crippen LogP contribution in [-0.4, -0.2) is 47.8 Å². The molecule has 3 heterocycles. The highest BCUT2D eigenvalue weighted by molar-refractivity contribution is 5.60. The van der Waals surface area contributed by atoms with Gasteiger partial charge in [-0.25, -0.2) is 4.79 Å². The van der Waals surface area contributed by atoms with Crippen molar-refractivity contribution in [2.75, 3.05) is 33.1 Å². The van der Waals surface area contributed by atoms with Gasteiger partial charge >= 0.3 is 5.76 Å². The fourth-order valence-electron chi connectivity index (χ4n) is 2.47. The van der Waals surface area contributed by atoms with E-state index in [1.807, 2.05) is 0 Å². The normalized spacial score (nSPS) is 17.8. The van der Waals surface area contributed by atoms with Gasteiger partial charge in [-0.05, 0) is 18.2 Å². The number of aromatic nitrogens is 2. The van der Waals surface area contributed by atoms with E-state index >= 15 is 0 Å². The predicted octanol–water partition coefficient (Wildman–Crippen LogP) is 0.522. The van der Waals surface area contributed by atoms with Gasteiger partial charge in [0.15, 0.2) is 11.5 Å². The van der Waals surface area contributed by atoms with Gasteiger partial charge in [-0.3, -0.25) is 4.90 Å². The maximum atomic E-state index is 11.9. The van der Waals surface area contributed by atoms with Crippen molar-refractivity contribution in [2.24, 2.45) is 0 Å². The molecule has 4 rings (SSSR count). The van der Waals surface area contributed by atoms with Crippen LogP contribution in [0.25, 0.3) is 11.5 Å². The smallest absolute Gasteiger partial charge is 0.438 e. The van der Waals surface area contributed by atoms with Gasteiger partial charge in [-0.2, -0.15) is 4.68 Å². The Bertz CT molecular complexity index is 732. The molecule has 0 amide bonds. The second-order valence-corrected chi connectivity index (χ2v) is 5.11. The molecule has 1 saturated heterocycles. The number of fused-ring (bicyclic) bond motifs is 1. The van der Waals surface area contributed by atoms with E-state index < -0.39 is 5.76 Å². The minimum Gasteiger partial charge on any atom is -0.454 e. The Morgan fingerprint density at radius 2 is 1.95 bits per heavy atom. The summed E-state index contributed by atoms with van der Waals surface area (Å²) >= 11 is 0. The molecule has 0 saturated carbocycles. The monoisotopic (exact) mass is 305 g/mol. The quantitative estimate of drug-likeness (QED) is 0.818. The summed E-state index contributed by atoms with van der Waals surface area (Å²) in [5.74, 6) is 1.11. The van der Waals surface area contributed by atoms with Crippen molar-refractivity contribution in [3.05, 3.63) is 28.7 Å².